The molecule has 0 spiro atoms. The Bertz CT molecular complexity index is 93.1. The zero-order chi connectivity index (χ0) is 7.28. The number of nitrogens with zero attached hydrogens (tertiary/aromatic N) is 1. The van der Waals surface area contributed by atoms with Crippen LogP contribution in [0.2, 0.25) is 0 Å². The molecule has 1 unspecified atom stereocenters. The van der Waals surface area contributed by atoms with Crippen molar-refractivity contribution in [1.82, 2.24) is 4.67 Å². The molecule has 0 heterocycles. The lowest BCUT2D eigenvalue weighted by Gasteiger charge is -2.14. The average Bonchev–Trinajstić information content (AvgIpc) is 1.82. The van der Waals surface area contributed by atoms with Crippen molar-refractivity contribution < 1.29 is 4.74 Å². The third-order valence-corrected chi connectivity index (χ3v) is 1.15. The van der Waals surface area contributed by atoms with Gasteiger partial charge in [-0.25, -0.2) is 0 Å². The molecule has 54 valence electrons. The number of hydrogen-bond acceptors (Lipinski definition) is 2. The minimum Gasteiger partial charge on any atom is -0.479 e. The van der Waals surface area contributed by atoms with Crippen molar-refractivity contribution in [2.75, 3.05) is 13.7 Å². The molecule has 0 aliphatic heterocycles. The maximum Gasteiger partial charge on any atom is 0.184 e. The molecular weight excluding hydrogens is 133 g/mol. The molecule has 0 saturated heterocycles. The minimum atomic E-state index is 0.696. The highest BCUT2D eigenvalue weighted by atomic mass is 31.0. The fourth-order valence-electron chi connectivity index (χ4n) is 0.322. The topological polar surface area (TPSA) is 12.5 Å². The van der Waals surface area contributed by atoms with Gasteiger partial charge in [-0.3, -0.25) is 0 Å². The Labute approximate surface area is 59.1 Å². The second kappa shape index (κ2) is 4.63. The lowest BCUT2D eigenvalue weighted by molar-refractivity contribution is 0.169. The molecule has 1 atom stereocenters. The first-order chi connectivity index (χ1) is 4.18. The predicted molar refractivity (Wildman–Crippen MR) is 42.9 cm³/mol. The van der Waals surface area contributed by atoms with E-state index < -0.39 is 0 Å². The van der Waals surface area contributed by atoms with Crippen LogP contribution in [0.1, 0.15) is 13.3 Å². The van der Waals surface area contributed by atoms with Gasteiger partial charge in [0, 0.05) is 7.05 Å². The summed E-state index contributed by atoms with van der Waals surface area (Å²) >= 11 is 0. The first kappa shape index (κ1) is 8.77. The van der Waals surface area contributed by atoms with Crippen LogP contribution >= 0.6 is 9.39 Å². The summed E-state index contributed by atoms with van der Waals surface area (Å²) in [5.74, 6) is 0.696. The Morgan fingerprint density at radius 3 is 2.67 bits per heavy atom. The van der Waals surface area contributed by atoms with Crippen molar-refractivity contribution in [3.8, 4) is 0 Å². The Hall–Kier alpha value is -0.230. The highest BCUT2D eigenvalue weighted by Gasteiger charge is 1.92. The van der Waals surface area contributed by atoms with Gasteiger partial charge in [0.1, 0.15) is 0 Å². The molecule has 0 saturated carbocycles. The molecule has 0 radical (unpaired) electrons. The molecule has 0 amide bonds. The predicted octanol–water partition coefficient (Wildman–Crippen LogP) is 1.61. The fourth-order valence-corrected chi connectivity index (χ4v) is 0.396. The van der Waals surface area contributed by atoms with Crippen LogP contribution in [0.15, 0.2) is 12.5 Å². The zero-order valence-electron chi connectivity index (χ0n) is 6.05. The molecule has 0 aliphatic carbocycles. The molecule has 0 aromatic heterocycles. The van der Waals surface area contributed by atoms with E-state index in [-0.39, 0.29) is 0 Å². The van der Waals surface area contributed by atoms with E-state index in [1.807, 2.05) is 7.05 Å². The van der Waals surface area contributed by atoms with E-state index in [1.54, 1.807) is 4.67 Å². The highest BCUT2D eigenvalue weighted by molar-refractivity contribution is 7.13. The van der Waals surface area contributed by atoms with E-state index in [0.29, 0.717) is 5.88 Å². The third kappa shape index (κ3) is 4.28. The standard InChI is InChI=1S/C6H14NOP/c1-4-5-8-6(2)7(3)9/h2,4-5,9H2,1,3H3. The Morgan fingerprint density at radius 1 is 1.78 bits per heavy atom. The molecule has 0 rings (SSSR count). The maximum absolute atomic E-state index is 5.16. The summed E-state index contributed by atoms with van der Waals surface area (Å²) in [6.45, 7) is 6.49. The molecule has 0 fully saturated rings. The van der Waals surface area contributed by atoms with Crippen LogP contribution in [0.25, 0.3) is 0 Å². The minimum absolute atomic E-state index is 0.696. The first-order valence-electron chi connectivity index (χ1n) is 2.98. The van der Waals surface area contributed by atoms with Crippen LogP contribution < -0.4 is 0 Å². The van der Waals surface area contributed by atoms with Crippen LogP contribution in [0.3, 0.4) is 0 Å². The lowest BCUT2D eigenvalue weighted by atomic mass is 10.5. The van der Waals surface area contributed by atoms with E-state index in [2.05, 4.69) is 22.9 Å². The number of ether oxygens (including phenoxy) is 1. The van der Waals surface area contributed by atoms with Crippen LogP contribution in [0, 0.1) is 0 Å². The van der Waals surface area contributed by atoms with Crippen molar-refractivity contribution in [2.24, 2.45) is 0 Å². The summed E-state index contributed by atoms with van der Waals surface area (Å²) in [6.07, 6.45) is 1.03. The van der Waals surface area contributed by atoms with Crippen molar-refractivity contribution in [3.63, 3.8) is 0 Å². The van der Waals surface area contributed by atoms with Gasteiger partial charge < -0.3 is 9.41 Å². The molecule has 3 heteroatoms. The van der Waals surface area contributed by atoms with Gasteiger partial charge in [-0.2, -0.15) is 0 Å². The van der Waals surface area contributed by atoms with Crippen molar-refractivity contribution in [2.45, 2.75) is 13.3 Å². The van der Waals surface area contributed by atoms with Gasteiger partial charge in [0.15, 0.2) is 5.88 Å². The molecule has 0 bridgehead atoms. The van der Waals surface area contributed by atoms with Crippen LogP contribution in [-0.4, -0.2) is 18.3 Å². The quantitative estimate of drug-likeness (QED) is 0.442. The van der Waals surface area contributed by atoms with Gasteiger partial charge in [-0.05, 0) is 22.4 Å². The number of hydrogen-bond donors (Lipinski definition) is 0. The van der Waals surface area contributed by atoms with E-state index >= 15 is 0 Å². The smallest absolute Gasteiger partial charge is 0.184 e. The SMILES string of the molecule is C=C(OCCC)N(C)P. The van der Waals surface area contributed by atoms with Gasteiger partial charge in [0.05, 0.1) is 6.61 Å². The fraction of sp³-hybridized carbons (Fsp3) is 0.667. The Kier molecular flexibility index (Phi) is 4.51. The average molecular weight is 147 g/mol. The van der Waals surface area contributed by atoms with Gasteiger partial charge in [0.25, 0.3) is 0 Å². The molecule has 0 N–H and O–H groups in total. The van der Waals surface area contributed by atoms with Gasteiger partial charge in [0.2, 0.25) is 0 Å². The van der Waals surface area contributed by atoms with E-state index in [9.17, 15) is 0 Å². The van der Waals surface area contributed by atoms with Gasteiger partial charge in [-0.15, -0.1) is 0 Å². The molecule has 2 nitrogen and oxygen atoms in total. The van der Waals surface area contributed by atoms with Crippen molar-refractivity contribution in [3.05, 3.63) is 12.5 Å². The molecule has 0 aromatic carbocycles. The normalized spacial score (nSPS) is 8.78. The monoisotopic (exact) mass is 147 g/mol. The molecular formula is C6H14NOP. The summed E-state index contributed by atoms with van der Waals surface area (Å²) < 4.78 is 6.94. The second-order valence-electron chi connectivity index (χ2n) is 1.85. The van der Waals surface area contributed by atoms with Crippen molar-refractivity contribution >= 4 is 9.39 Å². The molecule has 0 aromatic rings. The Balaban J connectivity index is 3.28. The Morgan fingerprint density at radius 2 is 2.33 bits per heavy atom. The van der Waals surface area contributed by atoms with Crippen molar-refractivity contribution in [1.29, 1.82) is 0 Å². The van der Waals surface area contributed by atoms with Crippen LogP contribution in [0.4, 0.5) is 0 Å². The summed E-state index contributed by atoms with van der Waals surface area (Å²) in [7, 11) is 4.35. The van der Waals surface area contributed by atoms with Crippen LogP contribution in [-0.2, 0) is 4.74 Å². The van der Waals surface area contributed by atoms with E-state index in [0.717, 1.165) is 13.0 Å². The highest BCUT2D eigenvalue weighted by Crippen LogP contribution is 2.05. The molecule has 0 aliphatic rings. The largest absolute Gasteiger partial charge is 0.479 e. The van der Waals surface area contributed by atoms with E-state index in [4.69, 9.17) is 4.74 Å². The summed E-state index contributed by atoms with van der Waals surface area (Å²) in [5.41, 5.74) is 0. The first-order valence-corrected chi connectivity index (χ1v) is 3.50. The zero-order valence-corrected chi connectivity index (χ0v) is 7.21. The summed E-state index contributed by atoms with van der Waals surface area (Å²) in [6, 6.07) is 0. The second-order valence-corrected chi connectivity index (χ2v) is 2.63. The third-order valence-electron chi connectivity index (χ3n) is 0.866. The molecule has 9 heavy (non-hydrogen) atoms. The lowest BCUT2D eigenvalue weighted by Crippen LogP contribution is -2.06. The van der Waals surface area contributed by atoms with E-state index in [1.165, 1.54) is 0 Å². The summed E-state index contributed by atoms with van der Waals surface area (Å²) in [5, 5.41) is 0. The summed E-state index contributed by atoms with van der Waals surface area (Å²) in [4.78, 5) is 0. The van der Waals surface area contributed by atoms with Gasteiger partial charge in [-0.1, -0.05) is 6.92 Å². The number of rotatable bonds is 4. The van der Waals surface area contributed by atoms with Gasteiger partial charge >= 0.3 is 0 Å². The van der Waals surface area contributed by atoms with Crippen LogP contribution in [0.5, 0.6) is 0 Å². The maximum atomic E-state index is 5.16.